The summed E-state index contributed by atoms with van der Waals surface area (Å²) in [4.78, 5) is 17.6. The van der Waals surface area contributed by atoms with Crippen LogP contribution in [0.15, 0.2) is 47.7 Å². The van der Waals surface area contributed by atoms with Crippen molar-refractivity contribution in [3.8, 4) is 0 Å². The van der Waals surface area contributed by atoms with Crippen molar-refractivity contribution in [2.45, 2.75) is 13.5 Å². The van der Waals surface area contributed by atoms with Gasteiger partial charge in [-0.25, -0.2) is 9.97 Å². The molecule has 2 heterocycles. The molecular weight excluding hydrogens is 300 g/mol. The summed E-state index contributed by atoms with van der Waals surface area (Å²) in [6.07, 6.45) is 3.58. The topological polar surface area (TPSA) is 56.7 Å². The Morgan fingerprint density at radius 2 is 1.88 bits per heavy atom. The van der Waals surface area contributed by atoms with Crippen LogP contribution in [0.2, 0.25) is 0 Å². The summed E-state index contributed by atoms with van der Waals surface area (Å²) in [6, 6.07) is 10.4. The van der Waals surface area contributed by atoms with Crippen LogP contribution in [-0.4, -0.2) is 54.1 Å². The third-order valence-electron chi connectivity index (χ3n) is 4.16. The molecule has 3 rings (SSSR count). The van der Waals surface area contributed by atoms with Crippen LogP contribution in [0, 0.1) is 6.92 Å². The van der Waals surface area contributed by atoms with Crippen molar-refractivity contribution in [1.82, 2.24) is 20.2 Å². The number of rotatable bonds is 3. The summed E-state index contributed by atoms with van der Waals surface area (Å²) in [5, 5.41) is 3.46. The maximum atomic E-state index is 4.43. The van der Waals surface area contributed by atoms with Gasteiger partial charge in [0.15, 0.2) is 5.96 Å². The minimum Gasteiger partial charge on any atom is -0.352 e. The van der Waals surface area contributed by atoms with Crippen LogP contribution in [-0.2, 0) is 6.54 Å². The number of piperazine rings is 1. The third-order valence-corrected chi connectivity index (χ3v) is 4.16. The first-order valence-electron chi connectivity index (χ1n) is 8.29. The molecule has 2 aromatic rings. The van der Waals surface area contributed by atoms with E-state index in [0.29, 0.717) is 0 Å². The second-order valence-electron chi connectivity index (χ2n) is 5.91. The first-order valence-corrected chi connectivity index (χ1v) is 8.29. The zero-order valence-electron chi connectivity index (χ0n) is 14.3. The quantitative estimate of drug-likeness (QED) is 0.688. The fourth-order valence-corrected chi connectivity index (χ4v) is 2.91. The summed E-state index contributed by atoms with van der Waals surface area (Å²) in [5.41, 5.74) is 2.55. The van der Waals surface area contributed by atoms with Crippen LogP contribution in [0.1, 0.15) is 11.1 Å². The summed E-state index contributed by atoms with van der Waals surface area (Å²) in [5.74, 6) is 1.75. The van der Waals surface area contributed by atoms with E-state index < -0.39 is 0 Å². The molecule has 1 saturated heterocycles. The SMILES string of the molecule is CN=C(NCc1cccc(C)c1)N1CCN(c2ncccn2)CC1. The number of guanidine groups is 1. The predicted molar refractivity (Wildman–Crippen MR) is 97.2 cm³/mol. The Morgan fingerprint density at radius 3 is 2.54 bits per heavy atom. The number of anilines is 1. The molecule has 1 aliphatic rings. The first kappa shape index (κ1) is 16.2. The number of aryl methyl sites for hydroxylation is 1. The third kappa shape index (κ3) is 4.01. The molecule has 0 spiro atoms. The lowest BCUT2D eigenvalue weighted by molar-refractivity contribution is 0.370. The summed E-state index contributed by atoms with van der Waals surface area (Å²) < 4.78 is 0. The van der Waals surface area contributed by atoms with E-state index in [1.807, 2.05) is 13.1 Å². The fourth-order valence-electron chi connectivity index (χ4n) is 2.91. The highest BCUT2D eigenvalue weighted by Gasteiger charge is 2.20. The first-order chi connectivity index (χ1) is 11.8. The molecule has 1 aliphatic heterocycles. The molecule has 1 fully saturated rings. The van der Waals surface area contributed by atoms with Crippen LogP contribution in [0.4, 0.5) is 5.95 Å². The van der Waals surface area contributed by atoms with Gasteiger partial charge in [-0.1, -0.05) is 29.8 Å². The molecule has 0 aliphatic carbocycles. The summed E-state index contributed by atoms with van der Waals surface area (Å²) in [7, 11) is 1.84. The van der Waals surface area contributed by atoms with Gasteiger partial charge in [-0.2, -0.15) is 0 Å². The zero-order valence-corrected chi connectivity index (χ0v) is 14.3. The van der Waals surface area contributed by atoms with Crippen molar-refractivity contribution in [1.29, 1.82) is 0 Å². The zero-order chi connectivity index (χ0) is 16.8. The Hall–Kier alpha value is -2.63. The van der Waals surface area contributed by atoms with Crippen molar-refractivity contribution in [3.63, 3.8) is 0 Å². The number of benzene rings is 1. The van der Waals surface area contributed by atoms with Crippen molar-refractivity contribution in [2.75, 3.05) is 38.1 Å². The van der Waals surface area contributed by atoms with Crippen molar-refractivity contribution in [2.24, 2.45) is 4.99 Å². The Morgan fingerprint density at radius 1 is 1.12 bits per heavy atom. The number of nitrogens with one attached hydrogen (secondary N) is 1. The van der Waals surface area contributed by atoms with Crippen molar-refractivity contribution >= 4 is 11.9 Å². The van der Waals surface area contributed by atoms with E-state index in [4.69, 9.17) is 0 Å². The molecule has 126 valence electrons. The van der Waals surface area contributed by atoms with Gasteiger partial charge in [0, 0.05) is 52.2 Å². The molecule has 0 radical (unpaired) electrons. The monoisotopic (exact) mass is 324 g/mol. The molecule has 0 bridgehead atoms. The van der Waals surface area contributed by atoms with Gasteiger partial charge in [0.05, 0.1) is 0 Å². The smallest absolute Gasteiger partial charge is 0.225 e. The molecule has 6 heteroatoms. The van der Waals surface area contributed by atoms with Crippen LogP contribution < -0.4 is 10.2 Å². The molecule has 0 amide bonds. The van der Waals surface area contributed by atoms with Crippen molar-refractivity contribution < 1.29 is 0 Å². The maximum absolute atomic E-state index is 4.43. The summed E-state index contributed by atoms with van der Waals surface area (Å²) >= 11 is 0. The van der Waals surface area contributed by atoms with E-state index in [2.05, 4.69) is 61.3 Å². The Bertz CT molecular complexity index is 677. The molecule has 1 aromatic carbocycles. The molecule has 24 heavy (non-hydrogen) atoms. The average Bonchev–Trinajstić information content (AvgIpc) is 2.64. The lowest BCUT2D eigenvalue weighted by Gasteiger charge is -2.36. The second-order valence-corrected chi connectivity index (χ2v) is 5.91. The predicted octanol–water partition coefficient (Wildman–Crippen LogP) is 1.68. The molecule has 0 atom stereocenters. The van der Waals surface area contributed by atoms with E-state index in [-0.39, 0.29) is 0 Å². The van der Waals surface area contributed by atoms with Gasteiger partial charge in [-0.15, -0.1) is 0 Å². The van der Waals surface area contributed by atoms with Gasteiger partial charge in [0.25, 0.3) is 0 Å². The Kier molecular flexibility index (Phi) is 5.25. The van der Waals surface area contributed by atoms with E-state index in [1.165, 1.54) is 11.1 Å². The van der Waals surface area contributed by atoms with Crippen molar-refractivity contribution in [3.05, 3.63) is 53.9 Å². The largest absolute Gasteiger partial charge is 0.352 e. The molecule has 6 nitrogen and oxygen atoms in total. The van der Waals surface area contributed by atoms with Crippen LogP contribution in [0.25, 0.3) is 0 Å². The normalized spacial score (nSPS) is 15.5. The van der Waals surface area contributed by atoms with Gasteiger partial charge in [0.1, 0.15) is 0 Å². The second kappa shape index (κ2) is 7.77. The van der Waals surface area contributed by atoms with Crippen LogP contribution in [0.3, 0.4) is 0 Å². The molecule has 0 saturated carbocycles. The van der Waals surface area contributed by atoms with Crippen LogP contribution in [0.5, 0.6) is 0 Å². The lowest BCUT2D eigenvalue weighted by Crippen LogP contribution is -2.52. The van der Waals surface area contributed by atoms with E-state index in [1.54, 1.807) is 12.4 Å². The van der Waals surface area contributed by atoms with Gasteiger partial charge in [0.2, 0.25) is 5.95 Å². The number of nitrogens with zero attached hydrogens (tertiary/aromatic N) is 5. The fraction of sp³-hybridized carbons (Fsp3) is 0.389. The minimum absolute atomic E-state index is 0.788. The average molecular weight is 324 g/mol. The molecule has 1 aromatic heterocycles. The van der Waals surface area contributed by atoms with E-state index in [9.17, 15) is 0 Å². The Labute approximate surface area is 143 Å². The Balaban J connectivity index is 1.54. The number of aliphatic imine (C=N–C) groups is 1. The standard InChI is InChI=1S/C18H24N6/c1-15-5-3-6-16(13-15)14-22-17(19-2)23-9-11-24(12-10-23)18-20-7-4-8-21-18/h3-8,13H,9-12,14H2,1-2H3,(H,19,22). The molecule has 1 N–H and O–H groups in total. The van der Waals surface area contributed by atoms with Gasteiger partial charge >= 0.3 is 0 Å². The van der Waals surface area contributed by atoms with Gasteiger partial charge in [-0.3, -0.25) is 4.99 Å². The molecule has 0 unspecified atom stereocenters. The van der Waals surface area contributed by atoms with Gasteiger partial charge < -0.3 is 15.1 Å². The van der Waals surface area contributed by atoms with E-state index in [0.717, 1.165) is 44.6 Å². The summed E-state index contributed by atoms with van der Waals surface area (Å²) in [6.45, 7) is 6.52. The van der Waals surface area contributed by atoms with Gasteiger partial charge in [-0.05, 0) is 18.6 Å². The molecular formula is C18H24N6. The lowest BCUT2D eigenvalue weighted by atomic mass is 10.1. The number of hydrogen-bond donors (Lipinski definition) is 1. The maximum Gasteiger partial charge on any atom is 0.225 e. The number of hydrogen-bond acceptors (Lipinski definition) is 4. The highest BCUT2D eigenvalue weighted by atomic mass is 15.4. The van der Waals surface area contributed by atoms with Crippen LogP contribution >= 0.6 is 0 Å². The number of aromatic nitrogens is 2. The highest BCUT2D eigenvalue weighted by Crippen LogP contribution is 2.10. The highest BCUT2D eigenvalue weighted by molar-refractivity contribution is 5.80. The minimum atomic E-state index is 0.788. The van der Waals surface area contributed by atoms with E-state index >= 15 is 0 Å².